The van der Waals surface area contributed by atoms with Crippen molar-refractivity contribution in [3.05, 3.63) is 71.3 Å². The average molecular weight is 414 g/mol. The maximum absolute atomic E-state index is 13.1. The van der Waals surface area contributed by atoms with Gasteiger partial charge in [0.25, 0.3) is 0 Å². The molecule has 0 spiro atoms. The number of hydrogen-bond donors (Lipinski definition) is 2. The minimum atomic E-state index is -1.53. The third-order valence-electron chi connectivity index (χ3n) is 4.71. The van der Waals surface area contributed by atoms with E-state index in [1.165, 1.54) is 7.11 Å². The Kier molecular flexibility index (Phi) is 7.76. The van der Waals surface area contributed by atoms with Gasteiger partial charge in [-0.25, -0.2) is 4.79 Å². The highest BCUT2D eigenvalue weighted by Crippen LogP contribution is 2.32. The van der Waals surface area contributed by atoms with E-state index in [2.05, 4.69) is 5.32 Å². The minimum Gasteiger partial charge on any atom is -0.467 e. The van der Waals surface area contributed by atoms with Crippen LogP contribution in [-0.4, -0.2) is 36.4 Å². The summed E-state index contributed by atoms with van der Waals surface area (Å²) in [5, 5.41) is 13.3. The SMILES string of the molecule is COC(=O)[C@](CC(=O)OC(C)(C)C)(N[C@@H](CO)c1ccccc1)c1ccc(C)cc1. The van der Waals surface area contributed by atoms with E-state index in [1.54, 1.807) is 32.9 Å². The van der Waals surface area contributed by atoms with Gasteiger partial charge in [-0.1, -0.05) is 60.2 Å². The van der Waals surface area contributed by atoms with E-state index in [-0.39, 0.29) is 13.0 Å². The zero-order chi connectivity index (χ0) is 22.4. The number of aryl methyl sites for hydroxylation is 1. The monoisotopic (exact) mass is 413 g/mol. The van der Waals surface area contributed by atoms with Gasteiger partial charge < -0.3 is 14.6 Å². The molecule has 0 saturated heterocycles. The molecule has 6 nitrogen and oxygen atoms in total. The number of ether oxygens (including phenoxy) is 2. The molecule has 0 unspecified atom stereocenters. The van der Waals surface area contributed by atoms with Crippen molar-refractivity contribution in [1.82, 2.24) is 5.32 Å². The summed E-state index contributed by atoms with van der Waals surface area (Å²) in [4.78, 5) is 25.9. The fourth-order valence-electron chi connectivity index (χ4n) is 3.31. The first-order chi connectivity index (χ1) is 14.1. The number of rotatable bonds is 8. The Hall–Kier alpha value is -2.70. The second-order valence-corrected chi connectivity index (χ2v) is 8.32. The Morgan fingerprint density at radius 3 is 2.13 bits per heavy atom. The molecule has 0 heterocycles. The fraction of sp³-hybridized carbons (Fsp3) is 0.417. The molecule has 2 aromatic rings. The van der Waals surface area contributed by atoms with Gasteiger partial charge in [0.1, 0.15) is 5.60 Å². The van der Waals surface area contributed by atoms with Gasteiger partial charge in [-0.2, -0.15) is 0 Å². The van der Waals surface area contributed by atoms with Crippen LogP contribution in [-0.2, 0) is 24.6 Å². The lowest BCUT2D eigenvalue weighted by Gasteiger charge is -2.36. The molecule has 6 heteroatoms. The molecule has 0 aliphatic carbocycles. The van der Waals surface area contributed by atoms with Crippen LogP contribution in [0, 0.1) is 6.92 Å². The maximum atomic E-state index is 13.1. The molecule has 0 radical (unpaired) electrons. The lowest BCUT2D eigenvalue weighted by Crippen LogP contribution is -2.53. The summed E-state index contributed by atoms with van der Waals surface area (Å²) in [7, 11) is 1.28. The molecular weight excluding hydrogens is 382 g/mol. The molecule has 0 aliphatic rings. The molecule has 0 aliphatic heterocycles. The number of aliphatic hydroxyl groups excluding tert-OH is 1. The van der Waals surface area contributed by atoms with Crippen LogP contribution in [0.25, 0.3) is 0 Å². The Morgan fingerprint density at radius 2 is 1.63 bits per heavy atom. The van der Waals surface area contributed by atoms with E-state index in [9.17, 15) is 14.7 Å². The third-order valence-corrected chi connectivity index (χ3v) is 4.71. The van der Waals surface area contributed by atoms with E-state index in [1.807, 2.05) is 49.4 Å². The summed E-state index contributed by atoms with van der Waals surface area (Å²) in [6.45, 7) is 6.97. The Balaban J connectivity index is 2.56. The van der Waals surface area contributed by atoms with Crippen LogP contribution in [0.15, 0.2) is 54.6 Å². The molecular formula is C24H31NO5. The summed E-state index contributed by atoms with van der Waals surface area (Å²) >= 11 is 0. The first kappa shape index (κ1) is 23.6. The normalized spacial score (nSPS) is 14.5. The molecule has 2 N–H and O–H groups in total. The predicted molar refractivity (Wildman–Crippen MR) is 115 cm³/mol. The largest absolute Gasteiger partial charge is 0.467 e. The van der Waals surface area contributed by atoms with Crippen LogP contribution in [0.1, 0.15) is 49.9 Å². The summed E-state index contributed by atoms with van der Waals surface area (Å²) in [5.74, 6) is -1.18. The number of carbonyl (C=O) groups is 2. The highest BCUT2D eigenvalue weighted by Gasteiger charge is 2.46. The standard InChI is InChI=1S/C24H31NO5/c1-17-11-13-19(14-12-17)24(22(28)29-5,15-21(27)30-23(2,3)4)25-20(16-26)18-9-7-6-8-10-18/h6-14,20,25-26H,15-16H2,1-5H3/t20-,24+/m0/s1. The summed E-state index contributed by atoms with van der Waals surface area (Å²) < 4.78 is 10.6. The molecule has 2 atom stereocenters. The number of hydrogen-bond acceptors (Lipinski definition) is 6. The van der Waals surface area contributed by atoms with Gasteiger partial charge >= 0.3 is 11.9 Å². The summed E-state index contributed by atoms with van der Waals surface area (Å²) in [5.41, 5.74) is 0.108. The van der Waals surface area contributed by atoms with Crippen molar-refractivity contribution in [3.63, 3.8) is 0 Å². The molecule has 0 saturated carbocycles. The smallest absolute Gasteiger partial charge is 0.331 e. The quantitative estimate of drug-likeness (QED) is 0.645. The Morgan fingerprint density at radius 1 is 1.03 bits per heavy atom. The maximum Gasteiger partial charge on any atom is 0.331 e. The molecule has 2 aromatic carbocycles. The van der Waals surface area contributed by atoms with Gasteiger partial charge in [0, 0.05) is 0 Å². The van der Waals surface area contributed by atoms with E-state index in [0.717, 1.165) is 11.1 Å². The van der Waals surface area contributed by atoms with Crippen molar-refractivity contribution >= 4 is 11.9 Å². The van der Waals surface area contributed by atoms with Gasteiger partial charge in [-0.05, 0) is 38.8 Å². The van der Waals surface area contributed by atoms with Crippen molar-refractivity contribution in [3.8, 4) is 0 Å². The number of nitrogens with one attached hydrogen (secondary N) is 1. The average Bonchev–Trinajstić information content (AvgIpc) is 2.70. The lowest BCUT2D eigenvalue weighted by molar-refractivity contribution is -0.164. The molecule has 0 amide bonds. The van der Waals surface area contributed by atoms with Crippen LogP contribution >= 0.6 is 0 Å². The molecule has 2 rings (SSSR count). The van der Waals surface area contributed by atoms with E-state index < -0.39 is 29.1 Å². The minimum absolute atomic E-state index is 0.275. The van der Waals surface area contributed by atoms with Crippen molar-refractivity contribution in [2.24, 2.45) is 0 Å². The fourth-order valence-corrected chi connectivity index (χ4v) is 3.31. The first-order valence-electron chi connectivity index (χ1n) is 9.92. The van der Waals surface area contributed by atoms with Crippen molar-refractivity contribution < 1.29 is 24.2 Å². The topological polar surface area (TPSA) is 84.9 Å². The van der Waals surface area contributed by atoms with Gasteiger partial charge in [0.2, 0.25) is 0 Å². The Bertz CT molecular complexity index is 842. The highest BCUT2D eigenvalue weighted by molar-refractivity contribution is 5.88. The molecule has 30 heavy (non-hydrogen) atoms. The third kappa shape index (κ3) is 5.90. The van der Waals surface area contributed by atoms with Gasteiger partial charge in [0.15, 0.2) is 5.54 Å². The zero-order valence-electron chi connectivity index (χ0n) is 18.3. The van der Waals surface area contributed by atoms with E-state index >= 15 is 0 Å². The molecule has 0 bridgehead atoms. The zero-order valence-corrected chi connectivity index (χ0v) is 18.3. The second-order valence-electron chi connectivity index (χ2n) is 8.32. The summed E-state index contributed by atoms with van der Waals surface area (Å²) in [6.07, 6.45) is -0.288. The summed E-state index contributed by atoms with van der Waals surface area (Å²) in [6, 6.07) is 15.9. The van der Waals surface area contributed by atoms with E-state index in [4.69, 9.17) is 9.47 Å². The van der Waals surface area contributed by atoms with Crippen molar-refractivity contribution in [2.75, 3.05) is 13.7 Å². The highest BCUT2D eigenvalue weighted by atomic mass is 16.6. The van der Waals surface area contributed by atoms with Crippen LogP contribution < -0.4 is 5.32 Å². The lowest BCUT2D eigenvalue weighted by atomic mass is 9.84. The first-order valence-corrected chi connectivity index (χ1v) is 9.92. The number of carbonyl (C=O) groups excluding carboxylic acids is 2. The van der Waals surface area contributed by atoms with Crippen molar-refractivity contribution in [1.29, 1.82) is 0 Å². The van der Waals surface area contributed by atoms with Crippen LogP contribution in [0.3, 0.4) is 0 Å². The van der Waals surface area contributed by atoms with Crippen LogP contribution in [0.5, 0.6) is 0 Å². The number of benzene rings is 2. The van der Waals surface area contributed by atoms with Gasteiger partial charge in [-0.15, -0.1) is 0 Å². The number of methoxy groups -OCH3 is 1. The molecule has 0 aromatic heterocycles. The molecule has 162 valence electrons. The van der Waals surface area contributed by atoms with E-state index in [0.29, 0.717) is 5.56 Å². The van der Waals surface area contributed by atoms with Crippen LogP contribution in [0.4, 0.5) is 0 Å². The number of esters is 2. The van der Waals surface area contributed by atoms with Crippen molar-refractivity contribution in [2.45, 2.75) is 51.3 Å². The Labute approximate surface area is 178 Å². The van der Waals surface area contributed by atoms with Gasteiger partial charge in [0.05, 0.1) is 26.2 Å². The van der Waals surface area contributed by atoms with Crippen LogP contribution in [0.2, 0.25) is 0 Å². The second kappa shape index (κ2) is 9.87. The molecule has 0 fully saturated rings. The van der Waals surface area contributed by atoms with Gasteiger partial charge in [-0.3, -0.25) is 10.1 Å². The predicted octanol–water partition coefficient (Wildman–Crippen LogP) is 3.42. The number of aliphatic hydroxyl groups is 1.